The van der Waals surface area contributed by atoms with Crippen molar-refractivity contribution in [1.82, 2.24) is 9.78 Å². The van der Waals surface area contributed by atoms with E-state index in [1.165, 1.54) is 18.2 Å². The van der Waals surface area contributed by atoms with Gasteiger partial charge in [-0.25, -0.2) is 0 Å². The van der Waals surface area contributed by atoms with Gasteiger partial charge in [0.2, 0.25) is 0 Å². The van der Waals surface area contributed by atoms with E-state index in [2.05, 4.69) is 10.4 Å². The molecule has 0 aliphatic heterocycles. The van der Waals surface area contributed by atoms with Gasteiger partial charge in [-0.15, -0.1) is 0 Å². The van der Waals surface area contributed by atoms with Crippen molar-refractivity contribution in [3.63, 3.8) is 0 Å². The summed E-state index contributed by atoms with van der Waals surface area (Å²) in [6.07, 6.45) is 0. The van der Waals surface area contributed by atoms with Gasteiger partial charge in [-0.3, -0.25) is 19.6 Å². The molecule has 0 fully saturated rings. The van der Waals surface area contributed by atoms with Crippen LogP contribution >= 0.6 is 0 Å². The third-order valence-corrected chi connectivity index (χ3v) is 4.96. The Hall–Kier alpha value is -4.40. The number of hydrogen-bond acceptors (Lipinski definition) is 6. The minimum Gasteiger partial charge on any atom is -0.479 e. The van der Waals surface area contributed by atoms with Crippen molar-refractivity contribution < 1.29 is 18.9 Å². The smallest absolute Gasteiger partial charge is 0.311 e. The zero-order chi connectivity index (χ0) is 23.4. The van der Waals surface area contributed by atoms with Gasteiger partial charge in [-0.05, 0) is 43.2 Å². The van der Waals surface area contributed by atoms with Crippen LogP contribution in [0, 0.1) is 24.0 Å². The highest BCUT2D eigenvalue weighted by molar-refractivity contribution is 6.01. The number of nitro benzene ring substituents is 1. The number of amides is 1. The first-order valence-corrected chi connectivity index (χ1v) is 10.3. The van der Waals surface area contributed by atoms with Gasteiger partial charge in [0.15, 0.2) is 17.3 Å². The van der Waals surface area contributed by atoms with Gasteiger partial charge in [-0.2, -0.15) is 5.10 Å². The molecule has 0 saturated heterocycles. The number of hydrogen-bond donors (Lipinski definition) is 1. The number of carbonyl (C=O) groups excluding carboxylic acids is 1. The first kappa shape index (κ1) is 21.8. The summed E-state index contributed by atoms with van der Waals surface area (Å²) in [5.41, 5.74) is 2.64. The zero-order valence-electron chi connectivity index (χ0n) is 18.1. The van der Waals surface area contributed by atoms with Crippen molar-refractivity contribution in [1.29, 1.82) is 0 Å². The quantitative estimate of drug-likeness (QED) is 0.305. The van der Waals surface area contributed by atoms with Crippen LogP contribution < -0.4 is 10.1 Å². The van der Waals surface area contributed by atoms with E-state index in [1.807, 2.05) is 37.3 Å². The van der Waals surface area contributed by atoms with Crippen molar-refractivity contribution in [3.8, 4) is 5.75 Å². The van der Waals surface area contributed by atoms with Crippen molar-refractivity contribution >= 4 is 17.4 Å². The van der Waals surface area contributed by atoms with Crippen LogP contribution in [-0.4, -0.2) is 20.6 Å². The summed E-state index contributed by atoms with van der Waals surface area (Å²) in [7, 11) is 0. The molecule has 9 heteroatoms. The molecule has 1 N–H and O–H groups in total. The summed E-state index contributed by atoms with van der Waals surface area (Å²) >= 11 is 0. The van der Waals surface area contributed by atoms with Crippen LogP contribution in [0.4, 0.5) is 11.5 Å². The Morgan fingerprint density at radius 2 is 1.91 bits per heavy atom. The number of nitrogens with zero attached hydrogens (tertiary/aromatic N) is 3. The Morgan fingerprint density at radius 3 is 2.67 bits per heavy atom. The summed E-state index contributed by atoms with van der Waals surface area (Å²) in [6, 6.07) is 19.5. The molecule has 4 rings (SSSR count). The van der Waals surface area contributed by atoms with Crippen molar-refractivity contribution in [2.75, 3.05) is 5.32 Å². The van der Waals surface area contributed by atoms with Gasteiger partial charge >= 0.3 is 5.69 Å². The Balaban J connectivity index is 1.39. The molecule has 2 aromatic heterocycles. The molecule has 33 heavy (non-hydrogen) atoms. The first-order chi connectivity index (χ1) is 15.9. The minimum atomic E-state index is -0.498. The molecule has 168 valence electrons. The van der Waals surface area contributed by atoms with Crippen LogP contribution in [-0.2, 0) is 13.2 Å². The average molecular weight is 446 g/mol. The fraction of sp³-hybridized carbons (Fsp3) is 0.167. The third-order valence-electron chi connectivity index (χ3n) is 4.96. The lowest BCUT2D eigenvalue weighted by Crippen LogP contribution is -2.12. The average Bonchev–Trinajstić information content (AvgIpc) is 3.40. The van der Waals surface area contributed by atoms with E-state index in [9.17, 15) is 14.9 Å². The fourth-order valence-corrected chi connectivity index (χ4v) is 3.28. The van der Waals surface area contributed by atoms with Gasteiger partial charge in [0, 0.05) is 17.8 Å². The molecule has 0 aliphatic rings. The molecule has 2 heterocycles. The summed E-state index contributed by atoms with van der Waals surface area (Å²) < 4.78 is 12.9. The number of nitro groups is 1. The van der Waals surface area contributed by atoms with E-state index in [0.717, 1.165) is 16.8 Å². The number of ether oxygens (including phenoxy) is 1. The molecule has 0 aliphatic carbocycles. The van der Waals surface area contributed by atoms with E-state index in [-0.39, 0.29) is 23.8 Å². The van der Waals surface area contributed by atoms with E-state index in [4.69, 9.17) is 9.15 Å². The van der Waals surface area contributed by atoms with Gasteiger partial charge in [-0.1, -0.05) is 36.4 Å². The number of nitrogens with one attached hydrogen (secondary N) is 1. The monoisotopic (exact) mass is 446 g/mol. The Labute approximate surface area is 189 Å². The number of carbonyl (C=O) groups is 1. The maximum Gasteiger partial charge on any atom is 0.311 e. The van der Waals surface area contributed by atoms with Crippen LogP contribution in [0.5, 0.6) is 5.75 Å². The van der Waals surface area contributed by atoms with E-state index >= 15 is 0 Å². The Bertz CT molecular complexity index is 1290. The summed E-state index contributed by atoms with van der Waals surface area (Å²) in [5, 5.41) is 18.4. The number of rotatable bonds is 8. The summed E-state index contributed by atoms with van der Waals surface area (Å²) in [5.74, 6) is 0.542. The first-order valence-electron chi connectivity index (χ1n) is 10.3. The molecule has 9 nitrogen and oxygen atoms in total. The van der Waals surface area contributed by atoms with Gasteiger partial charge in [0.05, 0.1) is 11.5 Å². The molecule has 0 bridgehead atoms. The fourth-order valence-electron chi connectivity index (χ4n) is 3.28. The van der Waals surface area contributed by atoms with Crippen LogP contribution in [0.25, 0.3) is 0 Å². The standard InChI is InChI=1S/C24H22N4O5/c1-16-8-10-21(20(12-16)28(30)31)32-15-19-9-11-22(33-19)24(29)25-23-13-17(2)27(26-23)14-18-6-4-3-5-7-18/h3-13H,14-15H2,1-2H3,(H,25,26,29). The van der Waals surface area contributed by atoms with Crippen molar-refractivity contribution in [2.45, 2.75) is 27.0 Å². The topological polar surface area (TPSA) is 112 Å². The SMILES string of the molecule is Cc1ccc(OCc2ccc(C(=O)Nc3cc(C)n(Cc4ccccc4)n3)o2)c([N+](=O)[O-])c1. The molecule has 0 saturated carbocycles. The molecule has 1 amide bonds. The lowest BCUT2D eigenvalue weighted by atomic mass is 10.2. The highest BCUT2D eigenvalue weighted by Gasteiger charge is 2.17. The van der Waals surface area contributed by atoms with Crippen LogP contribution in [0.1, 0.15) is 33.1 Å². The predicted octanol–water partition coefficient (Wildman–Crippen LogP) is 4.88. The summed E-state index contributed by atoms with van der Waals surface area (Å²) in [6.45, 7) is 4.22. The summed E-state index contributed by atoms with van der Waals surface area (Å²) in [4.78, 5) is 23.3. The number of furan rings is 1. The van der Waals surface area contributed by atoms with Crippen molar-refractivity contribution in [2.24, 2.45) is 0 Å². The maximum absolute atomic E-state index is 12.6. The molecule has 0 radical (unpaired) electrons. The molecular formula is C24H22N4O5. The second-order valence-corrected chi connectivity index (χ2v) is 7.55. The van der Waals surface area contributed by atoms with Gasteiger partial charge in [0.25, 0.3) is 5.91 Å². The molecule has 2 aromatic carbocycles. The second kappa shape index (κ2) is 9.39. The van der Waals surface area contributed by atoms with Gasteiger partial charge < -0.3 is 14.5 Å². The molecule has 0 spiro atoms. The second-order valence-electron chi connectivity index (χ2n) is 7.55. The predicted molar refractivity (Wildman–Crippen MR) is 121 cm³/mol. The lowest BCUT2D eigenvalue weighted by Gasteiger charge is -2.06. The molecule has 0 unspecified atom stereocenters. The van der Waals surface area contributed by atoms with Crippen LogP contribution in [0.2, 0.25) is 0 Å². The van der Waals surface area contributed by atoms with E-state index < -0.39 is 10.8 Å². The number of aryl methyl sites for hydroxylation is 2. The zero-order valence-corrected chi connectivity index (χ0v) is 18.1. The minimum absolute atomic E-state index is 0.0536. The molecular weight excluding hydrogens is 424 g/mol. The molecule has 4 aromatic rings. The highest BCUT2D eigenvalue weighted by Crippen LogP contribution is 2.28. The van der Waals surface area contributed by atoms with Crippen LogP contribution in [0.15, 0.2) is 71.1 Å². The van der Waals surface area contributed by atoms with Gasteiger partial charge in [0.1, 0.15) is 12.4 Å². The van der Waals surface area contributed by atoms with Crippen LogP contribution in [0.3, 0.4) is 0 Å². The largest absolute Gasteiger partial charge is 0.479 e. The number of benzene rings is 2. The van der Waals surface area contributed by atoms with Crippen molar-refractivity contribution in [3.05, 3.63) is 105 Å². The maximum atomic E-state index is 12.6. The molecule has 0 atom stereocenters. The Kier molecular flexibility index (Phi) is 6.21. The van der Waals surface area contributed by atoms with E-state index in [1.54, 1.807) is 29.8 Å². The van der Waals surface area contributed by atoms with E-state index in [0.29, 0.717) is 18.1 Å². The lowest BCUT2D eigenvalue weighted by molar-refractivity contribution is -0.386. The number of aromatic nitrogens is 2. The Morgan fingerprint density at radius 1 is 1.12 bits per heavy atom. The normalized spacial score (nSPS) is 10.7. The third kappa shape index (κ3) is 5.27. The highest BCUT2D eigenvalue weighted by atomic mass is 16.6. The number of anilines is 1.